The van der Waals surface area contributed by atoms with Gasteiger partial charge in [-0.1, -0.05) is 42.5 Å². The molecule has 0 bridgehead atoms. The Hall–Kier alpha value is -2.82. The van der Waals surface area contributed by atoms with Crippen LogP contribution in [0.1, 0.15) is 32.3 Å². The first kappa shape index (κ1) is 19.0. The van der Waals surface area contributed by atoms with Crippen LogP contribution < -0.4 is 10.1 Å². The molecule has 5 nitrogen and oxygen atoms in total. The molecular weight excluding hydrogens is 340 g/mol. The van der Waals surface area contributed by atoms with Crippen molar-refractivity contribution in [2.24, 2.45) is 5.41 Å². The number of ether oxygens (including phenoxy) is 1. The van der Waals surface area contributed by atoms with E-state index in [1.807, 2.05) is 62.4 Å². The summed E-state index contributed by atoms with van der Waals surface area (Å²) in [5.74, 6) is 0.277. The van der Waals surface area contributed by atoms with E-state index in [1.54, 1.807) is 11.0 Å². The largest absolute Gasteiger partial charge is 0.492 e. The number of hydrogen-bond acceptors (Lipinski definition) is 3. The summed E-state index contributed by atoms with van der Waals surface area (Å²) in [4.78, 5) is 27.9. The SMILES string of the molecule is CCOc1ccccc1NC(=O)C1(C(=O)N(CC)Cc2ccccc2)CC1. The standard InChI is InChI=1S/C22H26N2O3/c1-3-24(16-17-10-6-5-7-11-17)21(26)22(14-15-22)20(25)23-18-12-8-9-13-19(18)27-4-2/h5-13H,3-4,14-16H2,1-2H3,(H,23,25). The van der Waals surface area contributed by atoms with Gasteiger partial charge in [0, 0.05) is 13.1 Å². The Kier molecular flexibility index (Phi) is 5.79. The molecule has 1 N–H and O–H groups in total. The molecule has 1 saturated carbocycles. The molecule has 27 heavy (non-hydrogen) atoms. The number of nitrogens with zero attached hydrogens (tertiary/aromatic N) is 1. The molecule has 0 heterocycles. The monoisotopic (exact) mass is 366 g/mol. The number of para-hydroxylation sites is 2. The molecule has 5 heteroatoms. The summed E-state index contributed by atoms with van der Waals surface area (Å²) in [6, 6.07) is 17.2. The number of benzene rings is 2. The van der Waals surface area contributed by atoms with Crippen molar-refractivity contribution in [3.63, 3.8) is 0 Å². The van der Waals surface area contributed by atoms with E-state index in [1.165, 1.54) is 0 Å². The molecule has 3 rings (SSSR count). The average Bonchev–Trinajstić information content (AvgIpc) is 3.50. The number of rotatable bonds is 8. The number of amides is 2. The molecule has 0 unspecified atom stereocenters. The second-order valence-electron chi connectivity index (χ2n) is 6.77. The highest BCUT2D eigenvalue weighted by molar-refractivity contribution is 6.13. The van der Waals surface area contributed by atoms with Crippen LogP contribution in [-0.2, 0) is 16.1 Å². The Morgan fingerprint density at radius 2 is 1.70 bits per heavy atom. The first-order valence-corrected chi connectivity index (χ1v) is 9.47. The van der Waals surface area contributed by atoms with E-state index in [0.29, 0.717) is 44.0 Å². The Morgan fingerprint density at radius 1 is 1.04 bits per heavy atom. The van der Waals surface area contributed by atoms with Crippen LogP contribution in [0, 0.1) is 5.41 Å². The van der Waals surface area contributed by atoms with Crippen molar-refractivity contribution in [3.05, 3.63) is 60.2 Å². The van der Waals surface area contributed by atoms with Crippen LogP contribution in [0.5, 0.6) is 5.75 Å². The van der Waals surface area contributed by atoms with Crippen LogP contribution in [0.25, 0.3) is 0 Å². The third kappa shape index (κ3) is 4.13. The minimum atomic E-state index is -0.954. The van der Waals surface area contributed by atoms with Crippen LogP contribution >= 0.6 is 0 Å². The van der Waals surface area contributed by atoms with Crippen LogP contribution in [0.2, 0.25) is 0 Å². The van der Waals surface area contributed by atoms with Crippen molar-refractivity contribution in [3.8, 4) is 5.75 Å². The number of hydrogen-bond donors (Lipinski definition) is 1. The van der Waals surface area contributed by atoms with Gasteiger partial charge in [-0.15, -0.1) is 0 Å². The zero-order valence-corrected chi connectivity index (χ0v) is 15.9. The molecule has 0 radical (unpaired) electrons. The molecule has 2 aromatic rings. The molecule has 0 aliphatic heterocycles. The molecule has 0 spiro atoms. The number of anilines is 1. The zero-order valence-electron chi connectivity index (χ0n) is 15.9. The van der Waals surface area contributed by atoms with Gasteiger partial charge in [-0.2, -0.15) is 0 Å². The Morgan fingerprint density at radius 3 is 2.33 bits per heavy atom. The lowest BCUT2D eigenvalue weighted by Crippen LogP contribution is -2.42. The lowest BCUT2D eigenvalue weighted by Gasteiger charge is -2.26. The van der Waals surface area contributed by atoms with Gasteiger partial charge in [0.25, 0.3) is 0 Å². The Bertz CT molecular complexity index is 800. The van der Waals surface area contributed by atoms with Crippen molar-refractivity contribution >= 4 is 17.5 Å². The van der Waals surface area contributed by atoms with E-state index in [4.69, 9.17) is 4.74 Å². The number of nitrogens with one attached hydrogen (secondary N) is 1. The second kappa shape index (κ2) is 8.25. The van der Waals surface area contributed by atoms with Crippen LogP contribution in [0.3, 0.4) is 0 Å². The van der Waals surface area contributed by atoms with Gasteiger partial charge in [0.15, 0.2) is 0 Å². The van der Waals surface area contributed by atoms with Crippen molar-refractivity contribution in [2.75, 3.05) is 18.5 Å². The van der Waals surface area contributed by atoms with Crippen LogP contribution in [-0.4, -0.2) is 29.9 Å². The van der Waals surface area contributed by atoms with Crippen molar-refractivity contribution < 1.29 is 14.3 Å². The van der Waals surface area contributed by atoms with Gasteiger partial charge >= 0.3 is 0 Å². The average molecular weight is 366 g/mol. The predicted octanol–water partition coefficient (Wildman–Crippen LogP) is 3.85. The van der Waals surface area contributed by atoms with Crippen molar-refractivity contribution in [1.29, 1.82) is 0 Å². The van der Waals surface area contributed by atoms with Crippen LogP contribution in [0.4, 0.5) is 5.69 Å². The summed E-state index contributed by atoms with van der Waals surface area (Å²) in [5.41, 5.74) is 0.713. The summed E-state index contributed by atoms with van der Waals surface area (Å²) in [5, 5.41) is 2.91. The quantitative estimate of drug-likeness (QED) is 0.722. The lowest BCUT2D eigenvalue weighted by molar-refractivity contribution is -0.142. The fourth-order valence-corrected chi connectivity index (χ4v) is 3.19. The van der Waals surface area contributed by atoms with E-state index < -0.39 is 5.41 Å². The molecule has 1 aliphatic rings. The third-order valence-corrected chi connectivity index (χ3v) is 4.91. The first-order valence-electron chi connectivity index (χ1n) is 9.47. The van der Waals surface area contributed by atoms with Gasteiger partial charge in [-0.25, -0.2) is 0 Å². The van der Waals surface area contributed by atoms with E-state index in [0.717, 1.165) is 5.56 Å². The molecule has 0 atom stereocenters. The highest BCUT2D eigenvalue weighted by Crippen LogP contribution is 2.48. The van der Waals surface area contributed by atoms with E-state index >= 15 is 0 Å². The molecule has 1 aliphatic carbocycles. The first-order chi connectivity index (χ1) is 13.1. The summed E-state index contributed by atoms with van der Waals surface area (Å²) < 4.78 is 5.57. The fourth-order valence-electron chi connectivity index (χ4n) is 3.19. The Balaban J connectivity index is 1.73. The minimum absolute atomic E-state index is 0.0970. The molecule has 2 amide bonds. The molecule has 2 aromatic carbocycles. The predicted molar refractivity (Wildman–Crippen MR) is 105 cm³/mol. The number of carbonyl (C=O) groups excluding carboxylic acids is 2. The molecule has 1 fully saturated rings. The third-order valence-electron chi connectivity index (χ3n) is 4.91. The fraction of sp³-hybridized carbons (Fsp3) is 0.364. The second-order valence-corrected chi connectivity index (χ2v) is 6.77. The molecule has 0 saturated heterocycles. The van der Waals surface area contributed by atoms with Gasteiger partial charge in [-0.05, 0) is 44.4 Å². The lowest BCUT2D eigenvalue weighted by atomic mass is 10.0. The summed E-state index contributed by atoms with van der Waals surface area (Å²) in [6.07, 6.45) is 1.17. The Labute approximate surface area is 160 Å². The zero-order chi connectivity index (χ0) is 19.3. The molecule has 142 valence electrons. The van der Waals surface area contributed by atoms with Gasteiger partial charge in [0.1, 0.15) is 11.2 Å². The smallest absolute Gasteiger partial charge is 0.240 e. The normalized spacial score (nSPS) is 14.3. The van der Waals surface area contributed by atoms with Gasteiger partial charge in [0.05, 0.1) is 12.3 Å². The van der Waals surface area contributed by atoms with E-state index in [9.17, 15) is 9.59 Å². The van der Waals surface area contributed by atoms with Crippen molar-refractivity contribution in [2.45, 2.75) is 33.2 Å². The van der Waals surface area contributed by atoms with Crippen molar-refractivity contribution in [1.82, 2.24) is 4.90 Å². The maximum Gasteiger partial charge on any atom is 0.240 e. The summed E-state index contributed by atoms with van der Waals surface area (Å²) >= 11 is 0. The minimum Gasteiger partial charge on any atom is -0.492 e. The summed E-state index contributed by atoms with van der Waals surface area (Å²) in [7, 11) is 0. The maximum atomic E-state index is 13.1. The van der Waals surface area contributed by atoms with E-state index in [-0.39, 0.29) is 11.8 Å². The van der Waals surface area contributed by atoms with Gasteiger partial charge in [0.2, 0.25) is 11.8 Å². The topological polar surface area (TPSA) is 58.6 Å². The van der Waals surface area contributed by atoms with Gasteiger partial charge < -0.3 is 15.0 Å². The van der Waals surface area contributed by atoms with E-state index in [2.05, 4.69) is 5.32 Å². The van der Waals surface area contributed by atoms with Gasteiger partial charge in [-0.3, -0.25) is 9.59 Å². The molecule has 0 aromatic heterocycles. The maximum absolute atomic E-state index is 13.1. The van der Waals surface area contributed by atoms with Crippen LogP contribution in [0.15, 0.2) is 54.6 Å². The highest BCUT2D eigenvalue weighted by atomic mass is 16.5. The molecular formula is C22H26N2O3. The highest BCUT2D eigenvalue weighted by Gasteiger charge is 2.58. The number of carbonyl (C=O) groups is 2. The summed E-state index contributed by atoms with van der Waals surface area (Å²) in [6.45, 7) is 5.43.